The fourth-order valence-electron chi connectivity index (χ4n) is 2.75. The molecule has 3 N–H and O–H groups in total. The molecule has 2 aromatic rings. The molecular weight excluding hydrogens is 386 g/mol. The molecule has 25 heavy (non-hydrogen) atoms. The smallest absolute Gasteiger partial charge is 0.248 e. The second-order valence-corrected chi connectivity index (χ2v) is 6.64. The number of amides is 3. The van der Waals surface area contributed by atoms with Crippen LogP contribution in [0.4, 0.5) is 11.4 Å². The third-order valence-corrected chi connectivity index (χ3v) is 4.75. The number of nitrogens with zero attached hydrogens (tertiary/aromatic N) is 1. The summed E-state index contributed by atoms with van der Waals surface area (Å²) >= 11 is 3.43. The molecule has 6 nitrogen and oxygen atoms in total. The minimum Gasteiger partial charge on any atom is -0.366 e. The molecule has 1 fully saturated rings. The number of carbonyl (C=O) groups excluding carboxylic acids is 3. The Hall–Kier alpha value is -2.67. The minimum absolute atomic E-state index is 0.0869. The molecule has 3 rings (SSSR count). The number of rotatable bonds is 4. The topological polar surface area (TPSA) is 92.5 Å². The van der Waals surface area contributed by atoms with Crippen LogP contribution in [-0.2, 0) is 9.59 Å². The van der Waals surface area contributed by atoms with E-state index in [9.17, 15) is 14.4 Å². The molecule has 0 bridgehead atoms. The number of hydrogen-bond acceptors (Lipinski definition) is 3. The van der Waals surface area contributed by atoms with E-state index in [1.807, 2.05) is 24.3 Å². The van der Waals surface area contributed by atoms with E-state index in [0.29, 0.717) is 17.8 Å². The second-order valence-electron chi connectivity index (χ2n) is 5.79. The number of nitrogens with one attached hydrogen (secondary N) is 1. The SMILES string of the molecule is NC(=O)c1ccc(NC(=O)[C@H]2CC(=O)N(c3ccccc3Br)C2)cc1. The van der Waals surface area contributed by atoms with Crippen LogP contribution in [0.5, 0.6) is 0 Å². The molecule has 1 atom stereocenters. The molecule has 0 unspecified atom stereocenters. The lowest BCUT2D eigenvalue weighted by atomic mass is 10.1. The summed E-state index contributed by atoms with van der Waals surface area (Å²) in [7, 11) is 0. The van der Waals surface area contributed by atoms with Crippen molar-refractivity contribution in [1.82, 2.24) is 0 Å². The molecule has 0 saturated carbocycles. The number of benzene rings is 2. The highest BCUT2D eigenvalue weighted by atomic mass is 79.9. The Morgan fingerprint density at radius 1 is 1.12 bits per heavy atom. The van der Waals surface area contributed by atoms with Crippen LogP contribution in [-0.4, -0.2) is 24.3 Å². The summed E-state index contributed by atoms with van der Waals surface area (Å²) in [5, 5.41) is 2.78. The lowest BCUT2D eigenvalue weighted by molar-refractivity contribution is -0.122. The monoisotopic (exact) mass is 401 g/mol. The Labute approximate surface area is 153 Å². The third-order valence-electron chi connectivity index (χ3n) is 4.08. The molecule has 2 aromatic carbocycles. The maximum absolute atomic E-state index is 12.4. The van der Waals surface area contributed by atoms with Gasteiger partial charge in [-0.05, 0) is 52.3 Å². The average Bonchev–Trinajstić information content (AvgIpc) is 2.97. The quantitative estimate of drug-likeness (QED) is 0.823. The van der Waals surface area contributed by atoms with E-state index in [-0.39, 0.29) is 18.2 Å². The van der Waals surface area contributed by atoms with Crippen molar-refractivity contribution in [2.24, 2.45) is 11.7 Å². The van der Waals surface area contributed by atoms with Gasteiger partial charge in [-0.1, -0.05) is 12.1 Å². The zero-order valence-electron chi connectivity index (χ0n) is 13.2. The lowest BCUT2D eigenvalue weighted by Gasteiger charge is -2.18. The van der Waals surface area contributed by atoms with Crippen LogP contribution in [0.15, 0.2) is 53.0 Å². The summed E-state index contributed by atoms with van der Waals surface area (Å²) in [6.45, 7) is 0.326. The zero-order chi connectivity index (χ0) is 18.0. The molecule has 0 aromatic heterocycles. The summed E-state index contributed by atoms with van der Waals surface area (Å²) in [4.78, 5) is 37.4. The average molecular weight is 402 g/mol. The molecule has 1 aliphatic rings. The summed E-state index contributed by atoms with van der Waals surface area (Å²) in [6, 6.07) is 13.7. The van der Waals surface area contributed by atoms with Gasteiger partial charge in [0, 0.05) is 28.7 Å². The van der Waals surface area contributed by atoms with Crippen molar-refractivity contribution in [3.05, 3.63) is 58.6 Å². The van der Waals surface area contributed by atoms with Crippen LogP contribution >= 0.6 is 15.9 Å². The molecule has 128 valence electrons. The third kappa shape index (κ3) is 3.71. The van der Waals surface area contributed by atoms with Crippen molar-refractivity contribution in [1.29, 1.82) is 0 Å². The number of anilines is 2. The predicted molar refractivity (Wildman–Crippen MR) is 98.2 cm³/mol. The molecule has 7 heteroatoms. The maximum Gasteiger partial charge on any atom is 0.248 e. The molecule has 1 aliphatic heterocycles. The first kappa shape index (κ1) is 17.2. The second kappa shape index (κ2) is 7.06. The molecular formula is C18H16BrN3O3. The zero-order valence-corrected chi connectivity index (χ0v) is 14.8. The summed E-state index contributed by atoms with van der Waals surface area (Å²) in [5.74, 6) is -1.27. The number of carbonyl (C=O) groups is 3. The van der Waals surface area contributed by atoms with Crippen LogP contribution in [0, 0.1) is 5.92 Å². The van der Waals surface area contributed by atoms with Gasteiger partial charge in [0.15, 0.2) is 0 Å². The Balaban J connectivity index is 1.68. The molecule has 0 radical (unpaired) electrons. The van der Waals surface area contributed by atoms with Gasteiger partial charge in [-0.3, -0.25) is 14.4 Å². The van der Waals surface area contributed by atoms with Gasteiger partial charge in [-0.25, -0.2) is 0 Å². The van der Waals surface area contributed by atoms with Crippen LogP contribution in [0.3, 0.4) is 0 Å². The van der Waals surface area contributed by atoms with Gasteiger partial charge in [-0.15, -0.1) is 0 Å². The van der Waals surface area contributed by atoms with Crippen LogP contribution in [0.25, 0.3) is 0 Å². The number of nitrogens with two attached hydrogens (primary N) is 1. The Morgan fingerprint density at radius 2 is 1.80 bits per heavy atom. The van der Waals surface area contributed by atoms with Gasteiger partial charge in [0.25, 0.3) is 0 Å². The van der Waals surface area contributed by atoms with Crippen molar-refractivity contribution in [3.8, 4) is 0 Å². The van der Waals surface area contributed by atoms with E-state index in [2.05, 4.69) is 21.2 Å². The molecule has 0 spiro atoms. The molecule has 3 amide bonds. The molecule has 0 aliphatic carbocycles. The molecule has 1 saturated heterocycles. The van der Waals surface area contributed by atoms with Gasteiger partial charge in [0.1, 0.15) is 0 Å². The van der Waals surface area contributed by atoms with Crippen molar-refractivity contribution in [3.63, 3.8) is 0 Å². The van der Waals surface area contributed by atoms with Gasteiger partial charge in [0.2, 0.25) is 17.7 Å². The number of halogens is 1. The van der Waals surface area contributed by atoms with Gasteiger partial charge >= 0.3 is 0 Å². The summed E-state index contributed by atoms with van der Waals surface area (Å²) in [6.07, 6.45) is 0.159. The van der Waals surface area contributed by atoms with Crippen molar-refractivity contribution < 1.29 is 14.4 Å². The maximum atomic E-state index is 12.4. The van der Waals surface area contributed by atoms with Gasteiger partial charge < -0.3 is 16.0 Å². The fraction of sp³-hybridized carbons (Fsp3) is 0.167. The van der Waals surface area contributed by atoms with E-state index in [1.165, 1.54) is 0 Å². The van der Waals surface area contributed by atoms with Crippen LogP contribution in [0.2, 0.25) is 0 Å². The van der Waals surface area contributed by atoms with E-state index < -0.39 is 11.8 Å². The summed E-state index contributed by atoms with van der Waals surface area (Å²) in [5.41, 5.74) is 6.87. The highest BCUT2D eigenvalue weighted by molar-refractivity contribution is 9.10. The van der Waals surface area contributed by atoms with E-state index in [0.717, 1.165) is 10.2 Å². The standard InChI is InChI=1S/C18H16BrN3O3/c19-14-3-1-2-4-15(14)22-10-12(9-16(22)23)18(25)21-13-7-5-11(6-8-13)17(20)24/h1-8,12H,9-10H2,(H2,20,24)(H,21,25)/t12-/m0/s1. The number of primary amides is 1. The van der Waals surface area contributed by atoms with Crippen molar-refractivity contribution in [2.45, 2.75) is 6.42 Å². The summed E-state index contributed by atoms with van der Waals surface area (Å²) < 4.78 is 0.812. The largest absolute Gasteiger partial charge is 0.366 e. The Morgan fingerprint density at radius 3 is 2.44 bits per heavy atom. The van der Waals surface area contributed by atoms with Gasteiger partial charge in [0.05, 0.1) is 11.6 Å². The van der Waals surface area contributed by atoms with Crippen molar-refractivity contribution in [2.75, 3.05) is 16.8 Å². The van der Waals surface area contributed by atoms with E-state index in [4.69, 9.17) is 5.73 Å². The highest BCUT2D eigenvalue weighted by Gasteiger charge is 2.35. The minimum atomic E-state index is -0.525. The predicted octanol–water partition coefficient (Wildman–Crippen LogP) is 2.54. The lowest BCUT2D eigenvalue weighted by Crippen LogP contribution is -2.28. The highest BCUT2D eigenvalue weighted by Crippen LogP contribution is 2.31. The first-order chi connectivity index (χ1) is 12.0. The number of hydrogen-bond donors (Lipinski definition) is 2. The first-order valence-electron chi connectivity index (χ1n) is 7.71. The Kier molecular flexibility index (Phi) is 4.85. The first-order valence-corrected chi connectivity index (χ1v) is 8.50. The normalized spacial score (nSPS) is 16.8. The fourth-order valence-corrected chi connectivity index (χ4v) is 3.25. The Bertz CT molecular complexity index is 836. The molecule has 1 heterocycles. The van der Waals surface area contributed by atoms with E-state index >= 15 is 0 Å². The van der Waals surface area contributed by atoms with Crippen LogP contribution in [0.1, 0.15) is 16.8 Å². The van der Waals surface area contributed by atoms with Gasteiger partial charge in [-0.2, -0.15) is 0 Å². The van der Waals surface area contributed by atoms with E-state index in [1.54, 1.807) is 29.2 Å². The van der Waals surface area contributed by atoms with Crippen molar-refractivity contribution >= 4 is 45.0 Å². The van der Waals surface area contributed by atoms with Crippen LogP contribution < -0.4 is 16.0 Å². The number of para-hydroxylation sites is 1.